The maximum absolute atomic E-state index is 9.50. The highest BCUT2D eigenvalue weighted by Crippen LogP contribution is 2.16. The van der Waals surface area contributed by atoms with Gasteiger partial charge in [0, 0.05) is 6.42 Å². The molecule has 0 heterocycles. The molecule has 0 saturated heterocycles. The molecular weight excluding hydrogens is 171 g/mol. The summed E-state index contributed by atoms with van der Waals surface area (Å²) in [4.78, 5) is 0. The van der Waals surface area contributed by atoms with Crippen molar-refractivity contribution in [2.24, 2.45) is 0 Å². The molecule has 0 aliphatic heterocycles. The number of halogens is 1. The van der Waals surface area contributed by atoms with E-state index in [4.69, 9.17) is 5.11 Å². The monoisotopic (exact) mass is 186 g/mol. The van der Waals surface area contributed by atoms with E-state index in [1.165, 1.54) is 0 Å². The fourth-order valence-electron chi connectivity index (χ4n) is 1.00. The number of phenols is 1. The third kappa shape index (κ3) is 4.48. The van der Waals surface area contributed by atoms with E-state index in [9.17, 15) is 9.50 Å². The third-order valence-electron chi connectivity index (χ3n) is 1.51. The normalized spacial score (nSPS) is 11.4. The summed E-state index contributed by atoms with van der Waals surface area (Å²) in [6, 6.07) is 7.04. The lowest BCUT2D eigenvalue weighted by atomic mass is 10.1. The second kappa shape index (κ2) is 6.43. The maximum atomic E-state index is 9.50. The second-order valence-corrected chi connectivity index (χ2v) is 2.68. The Morgan fingerprint density at radius 1 is 1.31 bits per heavy atom. The summed E-state index contributed by atoms with van der Waals surface area (Å²) in [5.74, 6) is 0.258. The van der Waals surface area contributed by atoms with Gasteiger partial charge in [-0.3, -0.25) is 4.39 Å². The number of rotatable bonds is 2. The second-order valence-electron chi connectivity index (χ2n) is 2.68. The Labute approximate surface area is 77.7 Å². The average Bonchev–Trinajstić information content (AvgIpc) is 2.12. The van der Waals surface area contributed by atoms with E-state index in [-0.39, 0.29) is 5.75 Å². The third-order valence-corrected chi connectivity index (χ3v) is 1.51. The minimum Gasteiger partial charge on any atom is -0.508 e. The number of para-hydroxylation sites is 1. The van der Waals surface area contributed by atoms with Crippen molar-refractivity contribution in [3.05, 3.63) is 29.8 Å². The van der Waals surface area contributed by atoms with Crippen molar-refractivity contribution in [1.29, 1.82) is 0 Å². The summed E-state index contributed by atoms with van der Waals surface area (Å²) < 4.78 is 9.50. The summed E-state index contributed by atoms with van der Waals surface area (Å²) in [6.45, 7) is 1.70. The van der Waals surface area contributed by atoms with Gasteiger partial charge in [-0.2, -0.15) is 0 Å². The van der Waals surface area contributed by atoms with Crippen molar-refractivity contribution in [2.75, 3.05) is 7.18 Å². The van der Waals surface area contributed by atoms with Gasteiger partial charge in [0.1, 0.15) is 5.75 Å². The molecule has 0 radical (unpaired) electrons. The topological polar surface area (TPSA) is 40.5 Å². The van der Waals surface area contributed by atoms with Gasteiger partial charge in [0.15, 0.2) is 0 Å². The van der Waals surface area contributed by atoms with E-state index in [1.807, 2.05) is 12.1 Å². The maximum Gasteiger partial charge on any atom is 0.118 e. The van der Waals surface area contributed by atoms with Crippen LogP contribution in [0, 0.1) is 0 Å². The molecule has 3 heteroatoms. The Morgan fingerprint density at radius 3 is 2.31 bits per heavy atom. The van der Waals surface area contributed by atoms with Crippen LogP contribution < -0.4 is 0 Å². The zero-order chi connectivity index (χ0) is 10.3. The Morgan fingerprint density at radius 2 is 1.85 bits per heavy atom. The first kappa shape index (κ1) is 11.9. The molecule has 1 atom stereocenters. The zero-order valence-electron chi connectivity index (χ0n) is 7.87. The molecule has 74 valence electrons. The van der Waals surface area contributed by atoms with Crippen molar-refractivity contribution in [1.82, 2.24) is 0 Å². The van der Waals surface area contributed by atoms with Crippen LogP contribution in [-0.2, 0) is 6.42 Å². The van der Waals surface area contributed by atoms with Crippen LogP contribution in [0.15, 0.2) is 24.3 Å². The SMILES string of the molecule is CC(O)Cc1ccccc1O.CF. The van der Waals surface area contributed by atoms with Crippen molar-refractivity contribution >= 4 is 0 Å². The first-order chi connectivity index (χ1) is 6.20. The summed E-state index contributed by atoms with van der Waals surface area (Å²) in [5, 5.41) is 18.3. The largest absolute Gasteiger partial charge is 0.508 e. The van der Waals surface area contributed by atoms with Crippen molar-refractivity contribution in [3.8, 4) is 5.75 Å². The molecular formula is C10H15FO2. The number of hydrogen-bond donors (Lipinski definition) is 2. The van der Waals surface area contributed by atoms with Crippen LogP contribution in [0.25, 0.3) is 0 Å². The van der Waals surface area contributed by atoms with E-state index >= 15 is 0 Å². The molecule has 0 saturated carbocycles. The summed E-state index contributed by atoms with van der Waals surface area (Å²) >= 11 is 0. The number of aromatic hydroxyl groups is 1. The number of aliphatic hydroxyl groups is 1. The van der Waals surface area contributed by atoms with Crippen molar-refractivity contribution in [3.63, 3.8) is 0 Å². The molecule has 13 heavy (non-hydrogen) atoms. The molecule has 0 aliphatic rings. The highest BCUT2D eigenvalue weighted by atomic mass is 19.1. The quantitative estimate of drug-likeness (QED) is 0.740. The van der Waals surface area contributed by atoms with Gasteiger partial charge >= 0.3 is 0 Å². The summed E-state index contributed by atoms with van der Waals surface area (Å²) in [5.41, 5.74) is 0.794. The molecule has 2 N–H and O–H groups in total. The number of benzene rings is 1. The van der Waals surface area contributed by atoms with Crippen LogP contribution >= 0.6 is 0 Å². The van der Waals surface area contributed by atoms with Gasteiger partial charge in [0.05, 0.1) is 13.3 Å². The van der Waals surface area contributed by atoms with Gasteiger partial charge in [0.2, 0.25) is 0 Å². The predicted molar refractivity (Wildman–Crippen MR) is 50.5 cm³/mol. The molecule has 2 nitrogen and oxygen atoms in total. The first-order valence-corrected chi connectivity index (χ1v) is 4.03. The van der Waals surface area contributed by atoms with Crippen LogP contribution in [0.3, 0.4) is 0 Å². The van der Waals surface area contributed by atoms with Crippen LogP contribution in [0.1, 0.15) is 12.5 Å². The lowest BCUT2D eigenvalue weighted by Gasteiger charge is -2.05. The molecule has 0 fully saturated rings. The van der Waals surface area contributed by atoms with Crippen LogP contribution in [0.2, 0.25) is 0 Å². The first-order valence-electron chi connectivity index (χ1n) is 4.03. The molecule has 0 aliphatic carbocycles. The van der Waals surface area contributed by atoms with Crippen LogP contribution in [0.5, 0.6) is 5.75 Å². The van der Waals surface area contributed by atoms with E-state index in [1.54, 1.807) is 19.1 Å². The summed E-state index contributed by atoms with van der Waals surface area (Å²) in [7, 11) is 0.500. The lowest BCUT2D eigenvalue weighted by molar-refractivity contribution is 0.194. The zero-order valence-corrected chi connectivity index (χ0v) is 7.87. The minimum atomic E-state index is -0.400. The Balaban J connectivity index is 0.000000671. The lowest BCUT2D eigenvalue weighted by Crippen LogP contribution is -2.03. The number of alkyl halides is 1. The molecule has 0 spiro atoms. The Bertz CT molecular complexity index is 236. The minimum absolute atomic E-state index is 0.258. The predicted octanol–water partition coefficient (Wildman–Crippen LogP) is 1.90. The number of aliphatic hydroxyl groups excluding tert-OH is 1. The highest BCUT2D eigenvalue weighted by Gasteiger charge is 2.02. The van der Waals surface area contributed by atoms with Gasteiger partial charge in [0.25, 0.3) is 0 Å². The standard InChI is InChI=1S/C9H12O2.CH3F/c1-7(10)6-8-4-2-3-5-9(8)11;1-2/h2-5,7,10-11H,6H2,1H3;1H3. The molecule has 1 aromatic carbocycles. The van der Waals surface area contributed by atoms with E-state index in [0.29, 0.717) is 13.6 Å². The molecule has 0 bridgehead atoms. The van der Waals surface area contributed by atoms with E-state index in [2.05, 4.69) is 0 Å². The Kier molecular flexibility index (Phi) is 5.89. The van der Waals surface area contributed by atoms with E-state index < -0.39 is 6.10 Å². The molecule has 1 aromatic rings. The van der Waals surface area contributed by atoms with Crippen molar-refractivity contribution < 1.29 is 14.6 Å². The highest BCUT2D eigenvalue weighted by molar-refractivity contribution is 5.32. The molecule has 0 aromatic heterocycles. The van der Waals surface area contributed by atoms with Gasteiger partial charge < -0.3 is 10.2 Å². The average molecular weight is 186 g/mol. The summed E-state index contributed by atoms with van der Waals surface area (Å²) in [6.07, 6.45) is 0.107. The van der Waals surface area contributed by atoms with Crippen LogP contribution in [0.4, 0.5) is 4.39 Å². The smallest absolute Gasteiger partial charge is 0.118 e. The van der Waals surface area contributed by atoms with Crippen LogP contribution in [-0.4, -0.2) is 23.5 Å². The van der Waals surface area contributed by atoms with Crippen molar-refractivity contribution in [2.45, 2.75) is 19.4 Å². The number of phenolic OH excluding ortho intramolecular Hbond substituents is 1. The molecule has 1 unspecified atom stereocenters. The van der Waals surface area contributed by atoms with Gasteiger partial charge in [-0.25, -0.2) is 0 Å². The number of hydrogen-bond acceptors (Lipinski definition) is 2. The molecule has 0 amide bonds. The van der Waals surface area contributed by atoms with Gasteiger partial charge in [-0.1, -0.05) is 18.2 Å². The van der Waals surface area contributed by atoms with E-state index in [0.717, 1.165) is 5.56 Å². The van der Waals surface area contributed by atoms with Gasteiger partial charge in [-0.05, 0) is 18.6 Å². The fraction of sp³-hybridized carbons (Fsp3) is 0.400. The van der Waals surface area contributed by atoms with Gasteiger partial charge in [-0.15, -0.1) is 0 Å². The molecule has 1 rings (SSSR count). The fourth-order valence-corrected chi connectivity index (χ4v) is 1.00. The Hall–Kier alpha value is -1.09.